The number of nitrogens with two attached hydrogens (primary N) is 2. The molecule has 0 amide bonds. The van der Waals surface area contributed by atoms with Crippen LogP contribution in [-0.2, 0) is 10.3 Å². The van der Waals surface area contributed by atoms with Crippen molar-refractivity contribution in [1.29, 1.82) is 0 Å². The smallest absolute Gasteiger partial charge is 0.258 e. The molecule has 192 valence electrons. The van der Waals surface area contributed by atoms with Gasteiger partial charge in [0.05, 0.1) is 36.6 Å². The third-order valence-electron chi connectivity index (χ3n) is 6.44. The van der Waals surface area contributed by atoms with E-state index >= 15 is 0 Å². The quantitative estimate of drug-likeness (QED) is 0.322. The van der Waals surface area contributed by atoms with Crippen LogP contribution in [0.15, 0.2) is 42.2 Å². The predicted molar refractivity (Wildman–Crippen MR) is 139 cm³/mol. The van der Waals surface area contributed by atoms with E-state index in [-0.39, 0.29) is 11.8 Å². The van der Waals surface area contributed by atoms with Crippen LogP contribution in [0.1, 0.15) is 35.4 Å². The molecule has 10 heteroatoms. The van der Waals surface area contributed by atoms with E-state index in [2.05, 4.69) is 9.97 Å². The van der Waals surface area contributed by atoms with Crippen LogP contribution in [0.25, 0.3) is 10.9 Å². The van der Waals surface area contributed by atoms with Gasteiger partial charge in [-0.25, -0.2) is 10.8 Å². The molecule has 1 fully saturated rings. The van der Waals surface area contributed by atoms with Crippen LogP contribution in [0.3, 0.4) is 0 Å². The highest BCUT2D eigenvalue weighted by Gasteiger charge is 2.40. The van der Waals surface area contributed by atoms with Crippen LogP contribution >= 0.6 is 11.6 Å². The van der Waals surface area contributed by atoms with Gasteiger partial charge in [0.1, 0.15) is 6.10 Å². The summed E-state index contributed by atoms with van der Waals surface area (Å²) in [6, 6.07) is 8.95. The summed E-state index contributed by atoms with van der Waals surface area (Å²) in [5.41, 5.74) is 7.60. The number of likely N-dealkylation sites (N-methyl/N-ethyl adjacent to an activating group) is 1. The van der Waals surface area contributed by atoms with E-state index in [4.69, 9.17) is 37.4 Å². The van der Waals surface area contributed by atoms with Gasteiger partial charge in [-0.1, -0.05) is 23.7 Å². The monoisotopic (exact) mass is 513 g/mol. The number of methoxy groups -OCH3 is 1. The van der Waals surface area contributed by atoms with E-state index in [9.17, 15) is 5.11 Å². The fraction of sp³-hybridized carbons (Fsp3) is 0.385. The van der Waals surface area contributed by atoms with Crippen molar-refractivity contribution in [3.05, 3.63) is 69.8 Å². The van der Waals surface area contributed by atoms with E-state index in [1.807, 2.05) is 26.0 Å². The van der Waals surface area contributed by atoms with Crippen LogP contribution in [0.5, 0.6) is 11.6 Å². The molecule has 1 aliphatic rings. The number of nitrogens with zero attached hydrogens (tertiary/aromatic N) is 3. The van der Waals surface area contributed by atoms with Gasteiger partial charge in [-0.2, -0.15) is 0 Å². The largest absolute Gasteiger partial charge is 0.483 e. The molecule has 0 radical (unpaired) electrons. The van der Waals surface area contributed by atoms with Gasteiger partial charge in [0.25, 0.3) is 5.88 Å². The minimum atomic E-state index is -1.72. The maximum Gasteiger partial charge on any atom is 0.258 e. The van der Waals surface area contributed by atoms with Gasteiger partial charge in [0.15, 0.2) is 5.60 Å². The highest BCUT2D eigenvalue weighted by molar-refractivity contribution is 6.37. The number of hydrazine groups is 1. The lowest BCUT2D eigenvalue weighted by Crippen LogP contribution is -2.42. The number of aryl methyl sites for hydroxylation is 2. The topological polar surface area (TPSA) is 129 Å². The van der Waals surface area contributed by atoms with Gasteiger partial charge >= 0.3 is 0 Å². The minimum absolute atomic E-state index is 0.0662. The first-order chi connectivity index (χ1) is 17.2. The fourth-order valence-corrected chi connectivity index (χ4v) is 4.89. The molecule has 1 aromatic carbocycles. The molecule has 9 nitrogen and oxygen atoms in total. The first kappa shape index (κ1) is 26.0. The maximum atomic E-state index is 12.3. The van der Waals surface area contributed by atoms with Crippen molar-refractivity contribution in [2.45, 2.75) is 38.4 Å². The number of pyridine rings is 2. The summed E-state index contributed by atoms with van der Waals surface area (Å²) in [6.45, 7) is 4.96. The Morgan fingerprint density at radius 1 is 1.22 bits per heavy atom. The molecular formula is C26H32ClN5O4. The van der Waals surface area contributed by atoms with Crippen molar-refractivity contribution < 1.29 is 19.3 Å². The van der Waals surface area contributed by atoms with E-state index in [0.717, 1.165) is 18.5 Å². The van der Waals surface area contributed by atoms with Gasteiger partial charge in [-0.05, 0) is 37.6 Å². The Bertz CT molecular complexity index is 1290. The van der Waals surface area contributed by atoms with Crippen LogP contribution in [0.2, 0.25) is 5.02 Å². The maximum absolute atomic E-state index is 12.3. The van der Waals surface area contributed by atoms with Crippen LogP contribution in [-0.4, -0.2) is 53.6 Å². The summed E-state index contributed by atoms with van der Waals surface area (Å²) in [4.78, 5) is 9.16. The van der Waals surface area contributed by atoms with Gasteiger partial charge < -0.3 is 30.1 Å². The summed E-state index contributed by atoms with van der Waals surface area (Å²) in [6.07, 6.45) is 2.70. The summed E-state index contributed by atoms with van der Waals surface area (Å²) in [5.74, 6) is 6.77. The minimum Gasteiger partial charge on any atom is -0.483 e. The first-order valence-corrected chi connectivity index (χ1v) is 12.1. The van der Waals surface area contributed by atoms with Crippen molar-refractivity contribution >= 4 is 22.5 Å². The van der Waals surface area contributed by atoms with Gasteiger partial charge in [0, 0.05) is 48.4 Å². The molecule has 3 aromatic rings. The molecule has 0 saturated carbocycles. The second-order valence-corrected chi connectivity index (χ2v) is 9.26. The first-order valence-electron chi connectivity index (χ1n) is 11.7. The molecule has 1 atom stereocenters. The van der Waals surface area contributed by atoms with Crippen LogP contribution in [0, 0.1) is 13.8 Å². The summed E-state index contributed by atoms with van der Waals surface area (Å²) >= 11 is 6.90. The lowest BCUT2D eigenvalue weighted by molar-refractivity contribution is 0.0244. The van der Waals surface area contributed by atoms with E-state index in [0.29, 0.717) is 57.6 Å². The number of aromatic nitrogens is 2. The number of fused-ring (bicyclic) bond motifs is 1. The average molecular weight is 514 g/mol. The zero-order valence-electron chi connectivity index (χ0n) is 20.9. The second-order valence-electron chi connectivity index (χ2n) is 8.88. The molecular weight excluding hydrogens is 482 g/mol. The molecule has 0 bridgehead atoms. The molecule has 1 saturated heterocycles. The molecule has 36 heavy (non-hydrogen) atoms. The lowest BCUT2D eigenvalue weighted by Gasteiger charge is -2.36. The number of halogens is 1. The van der Waals surface area contributed by atoms with Gasteiger partial charge in [-0.3, -0.25) is 4.98 Å². The Morgan fingerprint density at radius 2 is 1.94 bits per heavy atom. The van der Waals surface area contributed by atoms with Gasteiger partial charge in [0.2, 0.25) is 5.75 Å². The number of hydrogen-bond acceptors (Lipinski definition) is 9. The zero-order valence-corrected chi connectivity index (χ0v) is 21.7. The Kier molecular flexibility index (Phi) is 7.56. The number of rotatable bonds is 7. The average Bonchev–Trinajstić information content (AvgIpc) is 2.86. The number of aliphatic hydroxyl groups is 1. The molecule has 2 aromatic heterocycles. The van der Waals surface area contributed by atoms with Crippen molar-refractivity contribution in [3.8, 4) is 11.6 Å². The Hall–Kier alpha value is -3.11. The molecule has 5 N–H and O–H groups in total. The molecule has 1 unspecified atom stereocenters. The van der Waals surface area contributed by atoms with E-state index in [1.165, 1.54) is 18.3 Å². The number of benzene rings is 1. The Morgan fingerprint density at radius 3 is 2.56 bits per heavy atom. The lowest BCUT2D eigenvalue weighted by atomic mass is 9.82. The Labute approximate surface area is 215 Å². The van der Waals surface area contributed by atoms with Gasteiger partial charge in [-0.15, -0.1) is 0 Å². The van der Waals surface area contributed by atoms with Crippen molar-refractivity contribution in [3.63, 3.8) is 0 Å². The third-order valence-corrected chi connectivity index (χ3v) is 6.81. The number of hydrogen-bond donors (Lipinski definition) is 3. The highest BCUT2D eigenvalue weighted by atomic mass is 35.5. The van der Waals surface area contributed by atoms with E-state index < -0.39 is 5.60 Å². The second kappa shape index (κ2) is 10.5. The zero-order chi connectivity index (χ0) is 26.0. The fourth-order valence-electron chi connectivity index (χ4n) is 4.62. The molecule has 3 heterocycles. The van der Waals surface area contributed by atoms with E-state index in [1.54, 1.807) is 25.2 Å². The van der Waals surface area contributed by atoms with Crippen molar-refractivity contribution in [2.75, 3.05) is 27.4 Å². The molecule has 4 rings (SSSR count). The SMILES string of the molecule is COc1nc2ccc(C(O)(/C(=C/N)N(C)N)c3ccc(C)nc3C)cc2c(Cl)c1OC1CCOCC1. The standard InChI is InChI=1S/C26H32ClN5O4/c1-15-5-7-20(16(2)30-15)26(33,22(14-28)32(3)29)17-6-8-21-19(13-17)23(27)24(25(31-21)34-4)36-18-9-11-35-12-10-18/h5-8,13-14,18,33H,9-12,28-29H2,1-4H3/b22-14-. The molecule has 1 aliphatic heterocycles. The molecule has 0 spiro atoms. The van der Waals surface area contributed by atoms with Crippen LogP contribution in [0.4, 0.5) is 0 Å². The highest BCUT2D eigenvalue weighted by Crippen LogP contribution is 2.44. The normalized spacial score (nSPS) is 16.6. The summed E-state index contributed by atoms with van der Waals surface area (Å²) in [7, 11) is 3.14. The number of ether oxygens (including phenoxy) is 3. The van der Waals surface area contributed by atoms with Crippen molar-refractivity contribution in [1.82, 2.24) is 15.0 Å². The van der Waals surface area contributed by atoms with Crippen LogP contribution < -0.4 is 21.1 Å². The summed E-state index contributed by atoms with van der Waals surface area (Å²) in [5, 5.41) is 14.5. The predicted octanol–water partition coefficient (Wildman–Crippen LogP) is 3.31. The Balaban J connectivity index is 1.92. The summed E-state index contributed by atoms with van der Waals surface area (Å²) < 4.78 is 17.2. The van der Waals surface area contributed by atoms with Crippen molar-refractivity contribution in [2.24, 2.45) is 11.6 Å². The third kappa shape index (κ3) is 4.67. The molecule has 0 aliphatic carbocycles.